The SMILES string of the molecule is O=C(NCCS(=O)(=O)NC1CCCC1)c1ccncc1. The van der Waals surface area contributed by atoms with Gasteiger partial charge < -0.3 is 5.32 Å². The Kier molecular flexibility index (Phi) is 5.08. The fourth-order valence-corrected chi connectivity index (χ4v) is 3.49. The van der Waals surface area contributed by atoms with Crippen molar-refractivity contribution in [2.45, 2.75) is 31.7 Å². The summed E-state index contributed by atoms with van der Waals surface area (Å²) in [6, 6.07) is 3.23. The highest BCUT2D eigenvalue weighted by Crippen LogP contribution is 2.18. The molecular formula is C13H19N3O3S. The van der Waals surface area contributed by atoms with Crippen molar-refractivity contribution in [3.05, 3.63) is 30.1 Å². The molecule has 1 aliphatic carbocycles. The summed E-state index contributed by atoms with van der Waals surface area (Å²) in [5.74, 6) is -0.385. The summed E-state index contributed by atoms with van der Waals surface area (Å²) in [6.45, 7) is 0.100. The maximum Gasteiger partial charge on any atom is 0.251 e. The van der Waals surface area contributed by atoms with E-state index in [2.05, 4.69) is 15.0 Å². The molecule has 1 aromatic rings. The summed E-state index contributed by atoms with van der Waals surface area (Å²) in [4.78, 5) is 15.5. The fraction of sp³-hybridized carbons (Fsp3) is 0.538. The van der Waals surface area contributed by atoms with E-state index < -0.39 is 10.0 Å². The Morgan fingerprint density at radius 1 is 1.25 bits per heavy atom. The maximum absolute atomic E-state index is 11.8. The topological polar surface area (TPSA) is 88.2 Å². The second-order valence-corrected chi connectivity index (χ2v) is 6.78. The third kappa shape index (κ3) is 4.57. The van der Waals surface area contributed by atoms with Crippen molar-refractivity contribution in [2.75, 3.05) is 12.3 Å². The van der Waals surface area contributed by atoms with Crippen molar-refractivity contribution in [1.29, 1.82) is 0 Å². The van der Waals surface area contributed by atoms with E-state index >= 15 is 0 Å². The molecule has 2 N–H and O–H groups in total. The molecule has 1 aromatic heterocycles. The predicted molar refractivity (Wildman–Crippen MR) is 75.7 cm³/mol. The molecule has 20 heavy (non-hydrogen) atoms. The third-order valence-electron chi connectivity index (χ3n) is 3.30. The van der Waals surface area contributed by atoms with Gasteiger partial charge in [0, 0.05) is 30.5 Å². The van der Waals surface area contributed by atoms with Crippen LogP contribution in [-0.2, 0) is 10.0 Å². The van der Waals surface area contributed by atoms with Crippen LogP contribution in [0.5, 0.6) is 0 Å². The number of aromatic nitrogens is 1. The van der Waals surface area contributed by atoms with E-state index in [0.717, 1.165) is 25.7 Å². The van der Waals surface area contributed by atoms with Crippen molar-refractivity contribution in [2.24, 2.45) is 0 Å². The monoisotopic (exact) mass is 297 g/mol. The normalized spacial score (nSPS) is 16.2. The lowest BCUT2D eigenvalue weighted by molar-refractivity contribution is 0.0956. The average molecular weight is 297 g/mol. The van der Waals surface area contributed by atoms with Crippen LogP contribution in [-0.4, -0.2) is 37.6 Å². The quantitative estimate of drug-likeness (QED) is 0.808. The van der Waals surface area contributed by atoms with E-state index in [9.17, 15) is 13.2 Å². The molecule has 7 heteroatoms. The van der Waals surface area contributed by atoms with Gasteiger partial charge in [0.25, 0.3) is 5.91 Å². The van der Waals surface area contributed by atoms with Crippen LogP contribution in [0.15, 0.2) is 24.5 Å². The molecule has 110 valence electrons. The van der Waals surface area contributed by atoms with Crippen LogP contribution in [0.4, 0.5) is 0 Å². The zero-order chi connectivity index (χ0) is 14.4. The van der Waals surface area contributed by atoms with Gasteiger partial charge in [-0.15, -0.1) is 0 Å². The minimum atomic E-state index is -3.32. The zero-order valence-electron chi connectivity index (χ0n) is 11.2. The number of rotatable bonds is 6. The van der Waals surface area contributed by atoms with Crippen LogP contribution in [0, 0.1) is 0 Å². The van der Waals surface area contributed by atoms with Crippen LogP contribution in [0.1, 0.15) is 36.0 Å². The first kappa shape index (κ1) is 14.9. The summed E-state index contributed by atoms with van der Waals surface area (Å²) in [7, 11) is -3.32. The van der Waals surface area contributed by atoms with Gasteiger partial charge in [0.05, 0.1) is 5.75 Å². The lowest BCUT2D eigenvalue weighted by Crippen LogP contribution is -2.38. The molecule has 2 rings (SSSR count). The van der Waals surface area contributed by atoms with Gasteiger partial charge in [-0.3, -0.25) is 9.78 Å². The van der Waals surface area contributed by atoms with Gasteiger partial charge in [0.15, 0.2) is 0 Å². The van der Waals surface area contributed by atoms with Crippen LogP contribution in [0.3, 0.4) is 0 Å². The number of hydrogen-bond donors (Lipinski definition) is 2. The third-order valence-corrected chi connectivity index (χ3v) is 4.73. The Hall–Kier alpha value is -1.47. The fourth-order valence-electron chi connectivity index (χ4n) is 2.26. The van der Waals surface area contributed by atoms with Crippen molar-refractivity contribution >= 4 is 15.9 Å². The number of sulfonamides is 1. The summed E-state index contributed by atoms with van der Waals surface area (Å²) < 4.78 is 26.3. The number of carbonyl (C=O) groups is 1. The molecule has 0 radical (unpaired) electrons. The molecule has 1 fully saturated rings. The molecule has 1 saturated carbocycles. The molecule has 0 spiro atoms. The van der Waals surface area contributed by atoms with Crippen molar-refractivity contribution in [3.8, 4) is 0 Å². The number of pyridine rings is 1. The highest BCUT2D eigenvalue weighted by molar-refractivity contribution is 7.89. The van der Waals surface area contributed by atoms with E-state index in [4.69, 9.17) is 0 Å². The second-order valence-electron chi connectivity index (χ2n) is 4.91. The van der Waals surface area contributed by atoms with Crippen molar-refractivity contribution < 1.29 is 13.2 Å². The van der Waals surface area contributed by atoms with Crippen molar-refractivity contribution in [3.63, 3.8) is 0 Å². The summed E-state index contributed by atoms with van der Waals surface area (Å²) in [5, 5.41) is 2.59. The summed E-state index contributed by atoms with van der Waals surface area (Å²) in [5.41, 5.74) is 0.473. The van der Waals surface area contributed by atoms with Crippen molar-refractivity contribution in [1.82, 2.24) is 15.0 Å². The smallest absolute Gasteiger partial charge is 0.251 e. The Bertz CT molecular complexity index is 539. The molecule has 0 bridgehead atoms. The Balaban J connectivity index is 1.76. The van der Waals surface area contributed by atoms with Crippen LogP contribution in [0.25, 0.3) is 0 Å². The molecule has 0 aromatic carbocycles. The van der Waals surface area contributed by atoms with Gasteiger partial charge in [-0.1, -0.05) is 12.8 Å². The van der Waals surface area contributed by atoms with E-state index in [0.29, 0.717) is 5.56 Å². The molecular weight excluding hydrogens is 278 g/mol. The number of amides is 1. The Morgan fingerprint density at radius 2 is 1.90 bits per heavy atom. The highest BCUT2D eigenvalue weighted by Gasteiger charge is 2.21. The summed E-state index contributed by atoms with van der Waals surface area (Å²) >= 11 is 0. The number of nitrogens with zero attached hydrogens (tertiary/aromatic N) is 1. The zero-order valence-corrected chi connectivity index (χ0v) is 12.0. The van der Waals surface area contributed by atoms with Gasteiger partial charge in [0.1, 0.15) is 0 Å². The molecule has 0 saturated heterocycles. The van der Waals surface area contributed by atoms with E-state index in [1.165, 1.54) is 12.4 Å². The number of hydrogen-bond acceptors (Lipinski definition) is 4. The standard InChI is InChI=1S/C13H19N3O3S/c17-13(11-5-7-14-8-6-11)15-9-10-20(18,19)16-12-3-1-2-4-12/h5-8,12,16H,1-4,9-10H2,(H,15,17). The Labute approximate surface area is 119 Å². The van der Waals surface area contributed by atoms with Crippen LogP contribution < -0.4 is 10.0 Å². The molecule has 1 aliphatic rings. The first-order valence-electron chi connectivity index (χ1n) is 6.75. The van der Waals surface area contributed by atoms with Gasteiger partial charge >= 0.3 is 0 Å². The van der Waals surface area contributed by atoms with E-state index in [1.54, 1.807) is 12.1 Å². The predicted octanol–water partition coefficient (Wildman–Crippen LogP) is 0.673. The van der Waals surface area contributed by atoms with Gasteiger partial charge in [0.2, 0.25) is 10.0 Å². The molecule has 0 unspecified atom stereocenters. The van der Waals surface area contributed by atoms with Gasteiger partial charge in [-0.05, 0) is 25.0 Å². The molecule has 1 heterocycles. The largest absolute Gasteiger partial charge is 0.351 e. The highest BCUT2D eigenvalue weighted by atomic mass is 32.2. The van der Waals surface area contributed by atoms with Gasteiger partial charge in [-0.25, -0.2) is 13.1 Å². The Morgan fingerprint density at radius 3 is 2.55 bits per heavy atom. The summed E-state index contributed by atoms with van der Waals surface area (Å²) in [6.07, 6.45) is 7.00. The minimum absolute atomic E-state index is 0.0656. The number of nitrogens with one attached hydrogen (secondary N) is 2. The van der Waals surface area contributed by atoms with Crippen LogP contribution >= 0.6 is 0 Å². The van der Waals surface area contributed by atoms with Crippen LogP contribution in [0.2, 0.25) is 0 Å². The second kappa shape index (κ2) is 6.81. The lowest BCUT2D eigenvalue weighted by atomic mass is 10.2. The maximum atomic E-state index is 11.8. The average Bonchev–Trinajstić information content (AvgIpc) is 2.91. The molecule has 1 amide bonds. The molecule has 0 aliphatic heterocycles. The molecule has 6 nitrogen and oxygen atoms in total. The first-order chi connectivity index (χ1) is 9.57. The van der Waals surface area contributed by atoms with E-state index in [-0.39, 0.29) is 24.2 Å². The van der Waals surface area contributed by atoms with Gasteiger partial charge in [-0.2, -0.15) is 0 Å². The molecule has 0 atom stereocenters. The minimum Gasteiger partial charge on any atom is -0.351 e. The first-order valence-corrected chi connectivity index (χ1v) is 8.40. The lowest BCUT2D eigenvalue weighted by Gasteiger charge is -2.12. The van der Waals surface area contributed by atoms with E-state index in [1.807, 2.05) is 0 Å². The number of carbonyl (C=O) groups excluding carboxylic acids is 1.